The van der Waals surface area contributed by atoms with Gasteiger partial charge in [-0.2, -0.15) is 0 Å². The SMILES string of the molecule is Cc1ccc2c(C3CCN(CCC4CCC(NC(=O)CC(C(=O)NC5CCC(CCN6CCC(c7noc8cc(F)c(F)cc78)CC6)CC5)C5OCCCO5)CC4)CC3)noc2c1. The Kier molecular flexibility index (Phi) is 14.4. The predicted octanol–water partition coefficient (Wildman–Crippen LogP) is 8.51. The van der Waals surface area contributed by atoms with Gasteiger partial charge in [-0.15, -0.1) is 0 Å². The number of hydrogen-bond acceptors (Lipinski definition) is 10. The molecule has 0 bridgehead atoms. The molecule has 5 fully saturated rings. The first kappa shape index (κ1) is 44.2. The van der Waals surface area contributed by atoms with Crippen LogP contribution in [0.4, 0.5) is 8.78 Å². The molecule has 0 radical (unpaired) electrons. The first-order chi connectivity index (χ1) is 30.7. The summed E-state index contributed by atoms with van der Waals surface area (Å²) in [5, 5.41) is 17.0. The number of nitrogens with one attached hydrogen (secondary N) is 2. The fourth-order valence-electron chi connectivity index (χ4n) is 11.2. The lowest BCUT2D eigenvalue weighted by atomic mass is 9.83. The van der Waals surface area contributed by atoms with E-state index in [2.05, 4.69) is 55.9 Å². The standard InChI is InChI=1S/C49H66F2N6O6/c1-31-3-12-38-43(27-31)62-54-46(38)34-15-21-56(22-16-34)19-13-32-4-8-36(9-5-32)52-45(58)29-40(49-60-25-2-26-61-49)48(59)53-37-10-6-33(7-11-37)14-20-57-23-17-35(18-24-57)47-39-28-41(50)42(51)30-44(39)63-55-47/h3,12,27-28,30,32-37,40,49H,2,4-11,13-26,29H2,1H3,(H,52,58)(H,53,59). The summed E-state index contributed by atoms with van der Waals surface area (Å²) in [7, 11) is 0. The highest BCUT2D eigenvalue weighted by Gasteiger charge is 2.37. The molecule has 12 nitrogen and oxygen atoms in total. The number of hydrogen-bond donors (Lipinski definition) is 2. The van der Waals surface area contributed by atoms with Gasteiger partial charge in [0.15, 0.2) is 29.1 Å². The van der Waals surface area contributed by atoms with Crippen LogP contribution in [0.1, 0.15) is 132 Å². The van der Waals surface area contributed by atoms with E-state index in [-0.39, 0.29) is 36.2 Å². The van der Waals surface area contributed by atoms with Gasteiger partial charge in [0.05, 0.1) is 30.5 Å². The maximum atomic E-state index is 13.9. The van der Waals surface area contributed by atoms with Crippen LogP contribution in [0.25, 0.3) is 21.9 Å². The molecule has 0 spiro atoms. The van der Waals surface area contributed by atoms with Crippen molar-refractivity contribution in [3.05, 3.63) is 58.9 Å². The zero-order valence-corrected chi connectivity index (χ0v) is 37.0. The highest BCUT2D eigenvalue weighted by atomic mass is 19.2. The van der Waals surface area contributed by atoms with Gasteiger partial charge in [-0.25, -0.2) is 8.78 Å². The molecular weight excluding hydrogens is 807 g/mol. The summed E-state index contributed by atoms with van der Waals surface area (Å²) in [5.41, 5.74) is 4.23. The number of likely N-dealkylation sites (tertiary alicyclic amines) is 2. The van der Waals surface area contributed by atoms with Gasteiger partial charge in [0, 0.05) is 47.2 Å². The summed E-state index contributed by atoms with van der Waals surface area (Å²) in [6, 6.07) is 8.87. The Hall–Kier alpha value is -3.98. The molecule has 63 heavy (non-hydrogen) atoms. The van der Waals surface area contributed by atoms with Gasteiger partial charge in [-0.1, -0.05) is 16.4 Å². The van der Waals surface area contributed by atoms with E-state index in [0.29, 0.717) is 41.9 Å². The van der Waals surface area contributed by atoms with Crippen molar-refractivity contribution >= 4 is 33.8 Å². The Morgan fingerprint density at radius 2 is 1.21 bits per heavy atom. The van der Waals surface area contributed by atoms with Crippen LogP contribution in [0.15, 0.2) is 39.4 Å². The molecule has 1 unspecified atom stereocenters. The summed E-state index contributed by atoms with van der Waals surface area (Å²) in [5.74, 6) is -0.833. The minimum Gasteiger partial charge on any atom is -0.356 e. The van der Waals surface area contributed by atoms with Crippen LogP contribution < -0.4 is 10.6 Å². The topological polar surface area (TPSA) is 135 Å². The van der Waals surface area contributed by atoms with Crippen LogP contribution in [-0.2, 0) is 19.1 Å². The number of carbonyl (C=O) groups is 2. The second-order valence-corrected chi connectivity index (χ2v) is 19.5. The number of carbonyl (C=O) groups excluding carboxylic acids is 2. The second kappa shape index (κ2) is 20.5. The van der Waals surface area contributed by atoms with E-state index in [1.807, 2.05) is 0 Å². The maximum absolute atomic E-state index is 13.9. The Balaban J connectivity index is 0.665. The van der Waals surface area contributed by atoms with Crippen molar-refractivity contribution in [2.24, 2.45) is 17.8 Å². The number of benzene rings is 2. The zero-order valence-electron chi connectivity index (χ0n) is 37.0. The summed E-state index contributed by atoms with van der Waals surface area (Å²) < 4.78 is 50.5. The molecule has 14 heteroatoms. The molecule has 4 aromatic rings. The molecule has 3 saturated heterocycles. The average Bonchev–Trinajstić information content (AvgIpc) is 3.92. The molecule has 3 aliphatic heterocycles. The monoisotopic (exact) mass is 873 g/mol. The molecule has 2 saturated carbocycles. The lowest BCUT2D eigenvalue weighted by Crippen LogP contribution is -2.49. The first-order valence-corrected chi connectivity index (χ1v) is 24.1. The number of aryl methyl sites for hydroxylation is 1. The van der Waals surface area contributed by atoms with Gasteiger partial charge in [0.1, 0.15) is 0 Å². The van der Waals surface area contributed by atoms with Gasteiger partial charge in [-0.05, 0) is 178 Å². The molecule has 2 N–H and O–H groups in total. The molecule has 5 heterocycles. The molecular formula is C49H66F2N6O6. The van der Waals surface area contributed by atoms with Gasteiger partial charge in [0.25, 0.3) is 0 Å². The smallest absolute Gasteiger partial charge is 0.228 e. The second-order valence-electron chi connectivity index (χ2n) is 19.5. The number of halogens is 2. The van der Waals surface area contributed by atoms with E-state index in [9.17, 15) is 18.4 Å². The number of nitrogens with zero attached hydrogens (tertiary/aromatic N) is 4. The third kappa shape index (κ3) is 10.9. The number of piperidine rings is 2. The summed E-state index contributed by atoms with van der Waals surface area (Å²) in [6.07, 6.45) is 14.6. The minimum atomic E-state index is -0.921. The van der Waals surface area contributed by atoms with Crippen molar-refractivity contribution in [2.45, 2.75) is 140 Å². The van der Waals surface area contributed by atoms with Crippen LogP contribution >= 0.6 is 0 Å². The van der Waals surface area contributed by atoms with Crippen LogP contribution in [0.5, 0.6) is 0 Å². The molecule has 5 aliphatic rings. The minimum absolute atomic E-state index is 0.0600. The zero-order chi connectivity index (χ0) is 43.3. The number of fused-ring (bicyclic) bond motifs is 2. The third-order valence-corrected chi connectivity index (χ3v) is 15.2. The quantitative estimate of drug-likeness (QED) is 0.127. The van der Waals surface area contributed by atoms with Crippen LogP contribution in [-0.4, -0.2) is 103 Å². The Labute approximate surface area is 369 Å². The Morgan fingerprint density at radius 3 is 1.79 bits per heavy atom. The highest BCUT2D eigenvalue weighted by Crippen LogP contribution is 2.36. The lowest BCUT2D eigenvalue weighted by Gasteiger charge is -2.35. The molecule has 2 aromatic heterocycles. The lowest BCUT2D eigenvalue weighted by molar-refractivity contribution is -0.207. The number of rotatable bonds is 14. The maximum Gasteiger partial charge on any atom is 0.228 e. The van der Waals surface area contributed by atoms with Gasteiger partial charge in [-0.3, -0.25) is 9.59 Å². The van der Waals surface area contributed by atoms with Crippen LogP contribution in [0.2, 0.25) is 0 Å². The largest absolute Gasteiger partial charge is 0.356 e. The molecule has 2 aromatic carbocycles. The summed E-state index contributed by atoms with van der Waals surface area (Å²) >= 11 is 0. The highest BCUT2D eigenvalue weighted by molar-refractivity contribution is 5.86. The number of aromatic nitrogens is 2. The van der Waals surface area contributed by atoms with Crippen LogP contribution in [0, 0.1) is 36.3 Å². The van der Waals surface area contributed by atoms with E-state index in [0.717, 1.165) is 158 Å². The Bertz CT molecular complexity index is 2140. The predicted molar refractivity (Wildman–Crippen MR) is 235 cm³/mol. The fraction of sp³-hybridized carbons (Fsp3) is 0.673. The van der Waals surface area contributed by atoms with Crippen LogP contribution in [0.3, 0.4) is 0 Å². The Morgan fingerprint density at radius 1 is 0.683 bits per heavy atom. The van der Waals surface area contributed by atoms with E-state index in [4.69, 9.17) is 18.5 Å². The fourth-order valence-corrected chi connectivity index (χ4v) is 11.2. The van der Waals surface area contributed by atoms with E-state index in [1.165, 1.54) is 18.1 Å². The molecule has 2 amide bonds. The van der Waals surface area contributed by atoms with Gasteiger partial charge >= 0.3 is 0 Å². The number of ether oxygens (including phenoxy) is 2. The normalized spacial score (nSPS) is 25.7. The van der Waals surface area contributed by atoms with Crippen molar-refractivity contribution in [1.29, 1.82) is 0 Å². The van der Waals surface area contributed by atoms with E-state index >= 15 is 0 Å². The third-order valence-electron chi connectivity index (χ3n) is 15.2. The average molecular weight is 873 g/mol. The number of amides is 2. The summed E-state index contributed by atoms with van der Waals surface area (Å²) in [4.78, 5) is 32.5. The molecule has 9 rings (SSSR count). The summed E-state index contributed by atoms with van der Waals surface area (Å²) in [6.45, 7) is 9.31. The van der Waals surface area contributed by atoms with Crippen molar-refractivity contribution in [3.63, 3.8) is 0 Å². The van der Waals surface area contributed by atoms with E-state index in [1.54, 1.807) is 0 Å². The van der Waals surface area contributed by atoms with Gasteiger partial charge < -0.3 is 39.0 Å². The van der Waals surface area contributed by atoms with E-state index < -0.39 is 23.8 Å². The van der Waals surface area contributed by atoms with Crippen molar-refractivity contribution in [3.8, 4) is 0 Å². The molecule has 2 aliphatic carbocycles. The van der Waals surface area contributed by atoms with Crippen molar-refractivity contribution < 1.29 is 36.9 Å². The van der Waals surface area contributed by atoms with Crippen molar-refractivity contribution in [2.75, 3.05) is 52.5 Å². The first-order valence-electron chi connectivity index (χ1n) is 24.1. The van der Waals surface area contributed by atoms with Gasteiger partial charge in [0.2, 0.25) is 11.8 Å². The molecule has 1 atom stereocenters. The molecule has 342 valence electrons. The van der Waals surface area contributed by atoms with Crippen molar-refractivity contribution in [1.82, 2.24) is 30.7 Å².